The van der Waals surface area contributed by atoms with E-state index < -0.39 is 0 Å². The molecule has 0 bridgehead atoms. The van der Waals surface area contributed by atoms with Crippen LogP contribution in [0.25, 0.3) is 0 Å². The maximum Gasteiger partial charge on any atom is 0.208 e. The van der Waals surface area contributed by atoms with Crippen molar-refractivity contribution < 1.29 is 8.81 Å². The average molecular weight is 317 g/mol. The van der Waals surface area contributed by atoms with Gasteiger partial charge < -0.3 is 9.32 Å². The molecule has 0 unspecified atom stereocenters. The zero-order valence-electron chi connectivity index (χ0n) is 14.1. The van der Waals surface area contributed by atoms with Gasteiger partial charge in [0.15, 0.2) is 0 Å². The Balaban J connectivity index is 1.80. The van der Waals surface area contributed by atoms with Crippen molar-refractivity contribution in [2.75, 3.05) is 20.1 Å². The van der Waals surface area contributed by atoms with Crippen LogP contribution in [0.2, 0.25) is 0 Å². The van der Waals surface area contributed by atoms with Gasteiger partial charge in [-0.15, -0.1) is 0 Å². The van der Waals surface area contributed by atoms with Gasteiger partial charge in [0.25, 0.3) is 0 Å². The molecule has 1 aliphatic heterocycles. The van der Waals surface area contributed by atoms with E-state index >= 15 is 0 Å². The van der Waals surface area contributed by atoms with Gasteiger partial charge in [-0.2, -0.15) is 0 Å². The van der Waals surface area contributed by atoms with E-state index in [9.17, 15) is 4.39 Å². The van der Waals surface area contributed by atoms with E-state index in [4.69, 9.17) is 4.42 Å². The summed E-state index contributed by atoms with van der Waals surface area (Å²) < 4.78 is 19.8. The predicted octanol–water partition coefficient (Wildman–Crippen LogP) is 3.14. The number of oxazole rings is 1. The fraction of sp³-hybridized carbons (Fsp3) is 0.500. The second kappa shape index (κ2) is 6.81. The van der Waals surface area contributed by atoms with E-state index in [1.165, 1.54) is 6.07 Å². The second-order valence-electron chi connectivity index (χ2n) is 6.45. The van der Waals surface area contributed by atoms with Crippen LogP contribution < -0.4 is 0 Å². The Morgan fingerprint density at radius 2 is 2.09 bits per heavy atom. The molecular weight excluding hydrogens is 293 g/mol. The highest BCUT2D eigenvalue weighted by atomic mass is 19.1. The number of aryl methyl sites for hydroxylation is 2. The lowest BCUT2D eigenvalue weighted by Crippen LogP contribution is -2.36. The summed E-state index contributed by atoms with van der Waals surface area (Å²) in [6.45, 7) is 7.13. The summed E-state index contributed by atoms with van der Waals surface area (Å²) in [5, 5.41) is 0. The third-order valence-electron chi connectivity index (χ3n) is 4.63. The molecule has 1 aromatic heterocycles. The third-order valence-corrected chi connectivity index (χ3v) is 4.63. The number of nitrogens with zero attached hydrogens (tertiary/aromatic N) is 3. The van der Waals surface area contributed by atoms with Gasteiger partial charge in [-0.05, 0) is 39.9 Å². The van der Waals surface area contributed by atoms with E-state index in [-0.39, 0.29) is 5.82 Å². The zero-order chi connectivity index (χ0) is 16.4. The van der Waals surface area contributed by atoms with Crippen LogP contribution >= 0.6 is 0 Å². The zero-order valence-corrected chi connectivity index (χ0v) is 14.1. The fourth-order valence-electron chi connectivity index (χ4n) is 3.15. The highest BCUT2D eigenvalue weighted by Gasteiger charge is 2.27. The Morgan fingerprint density at radius 3 is 2.70 bits per heavy atom. The number of halogens is 1. The molecule has 3 rings (SSSR count). The number of aromatic nitrogens is 1. The number of rotatable bonds is 5. The minimum Gasteiger partial charge on any atom is -0.444 e. The molecule has 0 radical (unpaired) electrons. The first-order valence-electron chi connectivity index (χ1n) is 8.12. The molecule has 0 N–H and O–H groups in total. The number of hydrogen-bond donors (Lipinski definition) is 0. The van der Waals surface area contributed by atoms with Crippen molar-refractivity contribution in [2.45, 2.75) is 39.4 Å². The maximum absolute atomic E-state index is 14.0. The van der Waals surface area contributed by atoms with Gasteiger partial charge in [0, 0.05) is 24.7 Å². The number of likely N-dealkylation sites (tertiary alicyclic amines) is 1. The minimum absolute atomic E-state index is 0.149. The predicted molar refractivity (Wildman–Crippen MR) is 87.5 cm³/mol. The molecule has 2 heterocycles. The molecule has 1 aliphatic rings. The number of likely N-dealkylation sites (N-methyl/N-ethyl adjacent to an activating group) is 1. The first-order valence-corrected chi connectivity index (χ1v) is 8.12. The highest BCUT2D eigenvalue weighted by molar-refractivity contribution is 5.17. The van der Waals surface area contributed by atoms with Gasteiger partial charge in [0.2, 0.25) is 5.89 Å². The van der Waals surface area contributed by atoms with Crippen molar-refractivity contribution in [3.05, 3.63) is 53.0 Å². The van der Waals surface area contributed by atoms with E-state index in [1.54, 1.807) is 6.07 Å². The summed E-state index contributed by atoms with van der Waals surface area (Å²) in [6.07, 6.45) is 1.09. The summed E-state index contributed by atoms with van der Waals surface area (Å²) >= 11 is 0. The Kier molecular flexibility index (Phi) is 4.78. The smallest absolute Gasteiger partial charge is 0.208 e. The molecule has 1 atom stereocenters. The SMILES string of the molecule is Cc1nc(CN(Cc2ccccc2F)[C@H]2CCN(C)C2)oc1C. The first-order chi connectivity index (χ1) is 11.0. The molecule has 0 saturated carbocycles. The lowest BCUT2D eigenvalue weighted by molar-refractivity contribution is 0.161. The van der Waals surface area contributed by atoms with Crippen molar-refractivity contribution in [1.82, 2.24) is 14.8 Å². The summed E-state index contributed by atoms with van der Waals surface area (Å²) in [4.78, 5) is 9.08. The number of benzene rings is 1. The van der Waals surface area contributed by atoms with E-state index in [2.05, 4.69) is 21.8 Å². The Labute approximate surface area is 136 Å². The molecule has 1 saturated heterocycles. The van der Waals surface area contributed by atoms with Crippen molar-refractivity contribution in [3.63, 3.8) is 0 Å². The highest BCUT2D eigenvalue weighted by Crippen LogP contribution is 2.21. The Bertz CT molecular complexity index is 651. The van der Waals surface area contributed by atoms with E-state index in [1.807, 2.05) is 26.0 Å². The monoisotopic (exact) mass is 317 g/mol. The first kappa shape index (κ1) is 16.1. The Morgan fingerprint density at radius 1 is 1.30 bits per heavy atom. The number of hydrogen-bond acceptors (Lipinski definition) is 4. The van der Waals surface area contributed by atoms with Crippen LogP contribution in [0.4, 0.5) is 4.39 Å². The van der Waals surface area contributed by atoms with Crippen LogP contribution in [-0.4, -0.2) is 41.0 Å². The molecular formula is C18H24FN3O. The molecule has 0 spiro atoms. The molecule has 0 aliphatic carbocycles. The van der Waals surface area contributed by atoms with Crippen LogP contribution in [0.5, 0.6) is 0 Å². The Hall–Kier alpha value is -1.72. The van der Waals surface area contributed by atoms with Crippen LogP contribution in [0, 0.1) is 19.7 Å². The van der Waals surface area contributed by atoms with Crippen LogP contribution in [0.1, 0.15) is 29.3 Å². The summed E-state index contributed by atoms with van der Waals surface area (Å²) in [5.41, 5.74) is 1.65. The van der Waals surface area contributed by atoms with Crippen LogP contribution in [-0.2, 0) is 13.1 Å². The molecule has 1 aromatic carbocycles. The van der Waals surface area contributed by atoms with Crippen molar-refractivity contribution in [2.24, 2.45) is 0 Å². The molecule has 124 valence electrons. The standard InChI is InChI=1S/C18H24FN3O/c1-13-14(2)23-18(20-13)12-22(16-8-9-21(3)11-16)10-15-6-4-5-7-17(15)19/h4-7,16H,8-12H2,1-3H3/t16-/m0/s1. The quantitative estimate of drug-likeness (QED) is 0.848. The average Bonchev–Trinajstić information content (AvgIpc) is 3.07. The lowest BCUT2D eigenvalue weighted by atomic mass is 10.1. The van der Waals surface area contributed by atoms with Crippen molar-refractivity contribution in [1.29, 1.82) is 0 Å². The lowest BCUT2D eigenvalue weighted by Gasteiger charge is -2.27. The molecule has 4 nitrogen and oxygen atoms in total. The van der Waals surface area contributed by atoms with Crippen LogP contribution in [0.3, 0.4) is 0 Å². The van der Waals surface area contributed by atoms with Gasteiger partial charge in [-0.25, -0.2) is 9.37 Å². The van der Waals surface area contributed by atoms with Gasteiger partial charge >= 0.3 is 0 Å². The van der Waals surface area contributed by atoms with Gasteiger partial charge in [-0.3, -0.25) is 4.90 Å². The second-order valence-corrected chi connectivity index (χ2v) is 6.45. The molecule has 1 fully saturated rings. The molecule has 5 heteroatoms. The van der Waals surface area contributed by atoms with Crippen LogP contribution in [0.15, 0.2) is 28.7 Å². The normalized spacial score (nSPS) is 18.9. The molecule has 23 heavy (non-hydrogen) atoms. The van der Waals surface area contributed by atoms with Crippen molar-refractivity contribution >= 4 is 0 Å². The summed E-state index contributed by atoms with van der Waals surface area (Å²) in [7, 11) is 2.13. The molecule has 2 aromatic rings. The summed E-state index contributed by atoms with van der Waals surface area (Å²) in [5.74, 6) is 1.42. The van der Waals surface area contributed by atoms with Crippen molar-refractivity contribution in [3.8, 4) is 0 Å². The minimum atomic E-state index is -0.149. The van der Waals surface area contributed by atoms with E-state index in [0.29, 0.717) is 25.0 Å². The van der Waals surface area contributed by atoms with Gasteiger partial charge in [0.1, 0.15) is 11.6 Å². The maximum atomic E-state index is 14.0. The van der Waals surface area contributed by atoms with Gasteiger partial charge in [-0.1, -0.05) is 18.2 Å². The van der Waals surface area contributed by atoms with E-state index in [0.717, 1.165) is 36.5 Å². The third kappa shape index (κ3) is 3.79. The largest absolute Gasteiger partial charge is 0.444 e. The fourth-order valence-corrected chi connectivity index (χ4v) is 3.15. The van der Waals surface area contributed by atoms with Gasteiger partial charge in [0.05, 0.1) is 12.2 Å². The summed E-state index contributed by atoms with van der Waals surface area (Å²) in [6, 6.07) is 7.39. The topological polar surface area (TPSA) is 32.5 Å². The molecule has 0 amide bonds.